The molecule has 0 aliphatic rings. The Labute approximate surface area is 111 Å². The molecule has 0 fully saturated rings. The van der Waals surface area contributed by atoms with Crippen LogP contribution in [-0.2, 0) is 19.7 Å². The molecule has 1 rings (SSSR count). The summed E-state index contributed by atoms with van der Waals surface area (Å²) in [6.45, 7) is 6.44. The summed E-state index contributed by atoms with van der Waals surface area (Å²) in [5.41, 5.74) is 2.39. The largest absolute Gasteiger partial charge is 0.500 e. The third-order valence-electron chi connectivity index (χ3n) is 3.02. The lowest BCUT2D eigenvalue weighted by atomic mass is 10.1. The van der Waals surface area contributed by atoms with Crippen LogP contribution < -0.4 is 0 Å². The fourth-order valence-corrected chi connectivity index (χ4v) is 3.47. The van der Waals surface area contributed by atoms with Crippen LogP contribution in [0.4, 0.5) is 0 Å². The van der Waals surface area contributed by atoms with Crippen LogP contribution in [0.3, 0.4) is 0 Å². The molecule has 0 amide bonds. The lowest BCUT2D eigenvalue weighted by Crippen LogP contribution is -2.43. The molecule has 0 N–H and O–H groups in total. The Morgan fingerprint density at radius 1 is 1.22 bits per heavy atom. The van der Waals surface area contributed by atoms with Crippen LogP contribution >= 0.6 is 0 Å². The van der Waals surface area contributed by atoms with Gasteiger partial charge in [-0.2, -0.15) is 0 Å². The number of hydrogen-bond acceptors (Lipinski definition) is 3. The average molecular weight is 266 g/mol. The minimum absolute atomic E-state index is 0.604. The molecule has 0 bridgehead atoms. The predicted molar refractivity (Wildman–Crippen MR) is 76.4 cm³/mol. The zero-order chi connectivity index (χ0) is 13.4. The van der Waals surface area contributed by atoms with Gasteiger partial charge in [0.1, 0.15) is 0 Å². The summed E-state index contributed by atoms with van der Waals surface area (Å²) in [7, 11) is 0.875. The first kappa shape index (κ1) is 15.1. The monoisotopic (exact) mass is 266 g/mol. The van der Waals surface area contributed by atoms with E-state index in [9.17, 15) is 0 Å². The summed E-state index contributed by atoms with van der Waals surface area (Å²) >= 11 is 0. The van der Waals surface area contributed by atoms with Gasteiger partial charge in [0.15, 0.2) is 0 Å². The third kappa shape index (κ3) is 3.78. The average Bonchev–Trinajstić information content (AvgIpc) is 2.44. The summed E-state index contributed by atoms with van der Waals surface area (Å²) in [5, 5.41) is 0. The molecule has 0 aliphatic heterocycles. The van der Waals surface area contributed by atoms with Crippen LogP contribution in [0.5, 0.6) is 0 Å². The van der Waals surface area contributed by atoms with Crippen molar-refractivity contribution in [3.05, 3.63) is 42.0 Å². The van der Waals surface area contributed by atoms with Gasteiger partial charge < -0.3 is 13.3 Å². The van der Waals surface area contributed by atoms with Gasteiger partial charge in [0.25, 0.3) is 0 Å². The molecule has 4 heteroatoms. The van der Waals surface area contributed by atoms with E-state index in [1.54, 1.807) is 14.2 Å². The Morgan fingerprint density at radius 2 is 1.89 bits per heavy atom. The topological polar surface area (TPSA) is 27.7 Å². The van der Waals surface area contributed by atoms with Crippen molar-refractivity contribution < 1.29 is 13.3 Å². The molecule has 0 atom stereocenters. The molecule has 0 aliphatic carbocycles. The van der Waals surface area contributed by atoms with Crippen molar-refractivity contribution in [2.45, 2.75) is 19.4 Å². The van der Waals surface area contributed by atoms with E-state index < -0.39 is 8.80 Å². The molecule has 100 valence electrons. The van der Waals surface area contributed by atoms with Gasteiger partial charge >= 0.3 is 8.80 Å². The van der Waals surface area contributed by atoms with Gasteiger partial charge in [0.05, 0.1) is 0 Å². The Hall–Kier alpha value is -0.943. The molecule has 3 nitrogen and oxygen atoms in total. The molecule has 0 spiro atoms. The molecular weight excluding hydrogens is 244 g/mol. The molecule has 0 saturated carbocycles. The maximum atomic E-state index is 5.84. The zero-order valence-electron chi connectivity index (χ0n) is 11.4. The Bertz CT molecular complexity index is 367. The molecular formula is C14H22O3Si. The summed E-state index contributed by atoms with van der Waals surface area (Å²) < 4.78 is 16.7. The first-order valence-corrected chi connectivity index (χ1v) is 8.09. The van der Waals surface area contributed by atoms with E-state index in [4.69, 9.17) is 13.3 Å². The first-order valence-electron chi connectivity index (χ1n) is 6.16. The molecule has 18 heavy (non-hydrogen) atoms. The van der Waals surface area contributed by atoms with E-state index in [2.05, 4.69) is 18.7 Å². The fraction of sp³-hybridized carbons (Fsp3) is 0.429. The van der Waals surface area contributed by atoms with E-state index in [0.717, 1.165) is 18.0 Å². The molecule has 0 saturated heterocycles. The van der Waals surface area contributed by atoms with Crippen LogP contribution in [0.15, 0.2) is 30.8 Å². The van der Waals surface area contributed by atoms with Gasteiger partial charge in [0.2, 0.25) is 0 Å². The van der Waals surface area contributed by atoms with Gasteiger partial charge in [-0.1, -0.05) is 43.8 Å². The van der Waals surface area contributed by atoms with Crippen molar-refractivity contribution in [3.63, 3.8) is 0 Å². The second-order valence-corrected chi connectivity index (χ2v) is 7.12. The van der Waals surface area contributed by atoms with E-state index >= 15 is 0 Å². The van der Waals surface area contributed by atoms with Gasteiger partial charge in [-0.3, -0.25) is 0 Å². The summed E-state index contributed by atoms with van der Waals surface area (Å²) in [6, 6.07) is 8.97. The molecule has 0 aromatic heterocycles. The van der Waals surface area contributed by atoms with Gasteiger partial charge in [-0.25, -0.2) is 0 Å². The van der Waals surface area contributed by atoms with Crippen molar-refractivity contribution in [2.24, 2.45) is 0 Å². The second-order valence-electron chi connectivity index (χ2n) is 3.95. The van der Waals surface area contributed by atoms with Crippen LogP contribution in [0.25, 0.3) is 6.08 Å². The molecule has 0 unspecified atom stereocenters. The molecule has 0 heterocycles. The van der Waals surface area contributed by atoms with Crippen LogP contribution in [0.1, 0.15) is 18.1 Å². The summed E-state index contributed by atoms with van der Waals surface area (Å²) in [6.07, 6.45) is 2.70. The normalized spacial score (nSPS) is 11.5. The highest BCUT2D eigenvalue weighted by atomic mass is 28.4. The predicted octanol–water partition coefficient (Wildman–Crippen LogP) is 3.14. The second kappa shape index (κ2) is 7.48. The Morgan fingerprint density at radius 3 is 2.44 bits per heavy atom. The van der Waals surface area contributed by atoms with Crippen molar-refractivity contribution in [1.82, 2.24) is 0 Å². The van der Waals surface area contributed by atoms with Gasteiger partial charge in [-0.05, 0) is 17.5 Å². The highest BCUT2D eigenvalue weighted by Gasteiger charge is 2.36. The van der Waals surface area contributed by atoms with Crippen molar-refractivity contribution >= 4 is 14.9 Å². The highest BCUT2D eigenvalue weighted by Crippen LogP contribution is 2.15. The number of hydrogen-bond donors (Lipinski definition) is 0. The minimum Gasteiger partial charge on any atom is -0.377 e. The van der Waals surface area contributed by atoms with Crippen LogP contribution in [-0.4, -0.2) is 29.6 Å². The summed E-state index contributed by atoms with van der Waals surface area (Å²) in [4.78, 5) is 0. The fourth-order valence-electron chi connectivity index (χ4n) is 1.87. The number of benzene rings is 1. The number of rotatable bonds is 8. The Kier molecular flexibility index (Phi) is 6.28. The smallest absolute Gasteiger partial charge is 0.377 e. The van der Waals surface area contributed by atoms with Gasteiger partial charge in [0, 0.05) is 26.9 Å². The molecule has 1 aromatic rings. The van der Waals surface area contributed by atoms with E-state index in [0.29, 0.717) is 6.61 Å². The lowest BCUT2D eigenvalue weighted by molar-refractivity contribution is 0.101. The first-order chi connectivity index (χ1) is 8.71. The van der Waals surface area contributed by atoms with E-state index in [-0.39, 0.29) is 0 Å². The lowest BCUT2D eigenvalue weighted by Gasteiger charge is -2.25. The SMILES string of the molecule is C=Cc1ccccc1CCO[Si](CC)(OC)OC. The van der Waals surface area contributed by atoms with Crippen molar-refractivity contribution in [3.8, 4) is 0 Å². The van der Waals surface area contributed by atoms with E-state index in [1.807, 2.05) is 25.1 Å². The minimum atomic E-state index is -2.42. The Balaban J connectivity index is 2.58. The maximum Gasteiger partial charge on any atom is 0.500 e. The highest BCUT2D eigenvalue weighted by molar-refractivity contribution is 6.60. The van der Waals surface area contributed by atoms with E-state index in [1.165, 1.54) is 5.56 Å². The standard InChI is InChI=1S/C14H22O3Si/c1-5-13-9-7-8-10-14(13)11-12-17-18(6-2,15-3)16-4/h5,7-10H,1,6,11-12H2,2-4H3. The van der Waals surface area contributed by atoms with Crippen molar-refractivity contribution in [2.75, 3.05) is 20.8 Å². The third-order valence-corrected chi connectivity index (χ3v) is 5.78. The molecule has 1 aromatic carbocycles. The maximum absolute atomic E-state index is 5.84. The van der Waals surface area contributed by atoms with Crippen LogP contribution in [0.2, 0.25) is 6.04 Å². The molecule has 0 radical (unpaired) electrons. The summed E-state index contributed by atoms with van der Waals surface area (Å²) in [5.74, 6) is 0. The van der Waals surface area contributed by atoms with Crippen LogP contribution in [0, 0.1) is 0 Å². The zero-order valence-corrected chi connectivity index (χ0v) is 12.4. The van der Waals surface area contributed by atoms with Gasteiger partial charge in [-0.15, -0.1) is 0 Å². The quantitative estimate of drug-likeness (QED) is 0.677. The van der Waals surface area contributed by atoms with Crippen molar-refractivity contribution in [1.29, 1.82) is 0 Å².